The van der Waals surface area contributed by atoms with Gasteiger partial charge in [0, 0.05) is 36.1 Å². The Morgan fingerprint density at radius 3 is 2.76 bits per heavy atom. The molecule has 1 aromatic carbocycles. The van der Waals surface area contributed by atoms with Crippen LogP contribution < -0.4 is 5.73 Å². The predicted molar refractivity (Wildman–Crippen MR) is 88.9 cm³/mol. The fourth-order valence-corrected chi connectivity index (χ4v) is 4.42. The topological polar surface area (TPSA) is 76.3 Å². The number of sulfonamides is 1. The first-order chi connectivity index (χ1) is 9.89. The first kappa shape index (κ1) is 16.1. The molecular weight excluding hydrogens is 306 g/mol. The molecule has 21 heavy (non-hydrogen) atoms. The van der Waals surface area contributed by atoms with E-state index in [1.807, 2.05) is 13.2 Å². The van der Waals surface area contributed by atoms with Gasteiger partial charge in [0.15, 0.2) is 0 Å². The minimum Gasteiger partial charge on any atom is -0.398 e. The molecule has 0 amide bonds. The van der Waals surface area contributed by atoms with Crippen molar-refractivity contribution >= 4 is 38.4 Å². The van der Waals surface area contributed by atoms with Gasteiger partial charge >= 0.3 is 0 Å². The van der Waals surface area contributed by atoms with Crippen LogP contribution in [0.4, 0.5) is 5.69 Å². The van der Waals surface area contributed by atoms with Gasteiger partial charge in [0.2, 0.25) is 10.0 Å². The molecule has 5 nitrogen and oxygen atoms in total. The predicted octanol–water partition coefficient (Wildman–Crippen LogP) is 2.19. The third-order valence-electron chi connectivity index (χ3n) is 3.45. The third kappa shape index (κ3) is 3.00. The van der Waals surface area contributed by atoms with Crippen LogP contribution in [0.1, 0.15) is 6.92 Å². The third-order valence-corrected chi connectivity index (χ3v) is 6.27. The van der Waals surface area contributed by atoms with Gasteiger partial charge < -0.3 is 5.73 Å². The van der Waals surface area contributed by atoms with Crippen LogP contribution in [0.15, 0.2) is 35.4 Å². The molecule has 0 bridgehead atoms. The van der Waals surface area contributed by atoms with Crippen LogP contribution in [-0.2, 0) is 10.0 Å². The molecule has 114 valence electrons. The monoisotopic (exact) mass is 325 g/mol. The van der Waals surface area contributed by atoms with Crippen LogP contribution in [0.2, 0.25) is 0 Å². The molecule has 0 saturated heterocycles. The molecule has 0 aliphatic heterocycles. The second-order valence-electron chi connectivity index (χ2n) is 4.88. The normalized spacial score (nSPS) is 13.7. The number of hydrogen-bond acceptors (Lipinski definition) is 5. The lowest BCUT2D eigenvalue weighted by Gasteiger charge is -2.24. The van der Waals surface area contributed by atoms with Gasteiger partial charge in [0.25, 0.3) is 0 Å². The van der Waals surface area contributed by atoms with E-state index in [4.69, 9.17) is 5.73 Å². The molecule has 2 aromatic rings. The van der Waals surface area contributed by atoms with Crippen LogP contribution >= 0.6 is 11.8 Å². The van der Waals surface area contributed by atoms with E-state index >= 15 is 0 Å². The highest BCUT2D eigenvalue weighted by Crippen LogP contribution is 2.28. The molecular formula is C14H19N3O2S2. The molecule has 7 heteroatoms. The van der Waals surface area contributed by atoms with E-state index in [1.54, 1.807) is 43.2 Å². The van der Waals surface area contributed by atoms with E-state index in [0.717, 1.165) is 5.75 Å². The maximum Gasteiger partial charge on any atom is 0.245 e. The summed E-state index contributed by atoms with van der Waals surface area (Å²) in [4.78, 5) is 4.40. The SMILES string of the molecule is CSCC(C)N(C)S(=O)(=O)c1ccc(N)c2cccnc12. The fraction of sp³-hybridized carbons (Fsp3) is 0.357. The number of benzene rings is 1. The quantitative estimate of drug-likeness (QED) is 0.853. The second-order valence-corrected chi connectivity index (χ2v) is 7.75. The largest absolute Gasteiger partial charge is 0.398 e. The van der Waals surface area contributed by atoms with Crippen molar-refractivity contribution in [2.45, 2.75) is 17.9 Å². The number of pyridine rings is 1. The summed E-state index contributed by atoms with van der Waals surface area (Å²) >= 11 is 1.61. The minimum absolute atomic E-state index is 0.0960. The van der Waals surface area contributed by atoms with E-state index < -0.39 is 10.0 Å². The van der Waals surface area contributed by atoms with E-state index in [0.29, 0.717) is 16.6 Å². The molecule has 2 N–H and O–H groups in total. The molecule has 0 radical (unpaired) electrons. The van der Waals surface area contributed by atoms with Crippen LogP contribution in [0, 0.1) is 0 Å². The summed E-state index contributed by atoms with van der Waals surface area (Å²) in [5.74, 6) is 0.732. The zero-order chi connectivity index (χ0) is 15.6. The summed E-state index contributed by atoms with van der Waals surface area (Å²) in [6, 6.07) is 6.57. The Morgan fingerprint density at radius 1 is 1.38 bits per heavy atom. The molecule has 0 fully saturated rings. The zero-order valence-corrected chi connectivity index (χ0v) is 13.9. The Bertz CT molecular complexity index is 747. The highest BCUT2D eigenvalue weighted by Gasteiger charge is 2.27. The zero-order valence-electron chi connectivity index (χ0n) is 12.3. The van der Waals surface area contributed by atoms with Crippen molar-refractivity contribution < 1.29 is 8.42 Å². The number of anilines is 1. The lowest BCUT2D eigenvalue weighted by Crippen LogP contribution is -2.36. The fourth-order valence-electron chi connectivity index (χ4n) is 2.12. The van der Waals surface area contributed by atoms with Gasteiger partial charge in [-0.25, -0.2) is 8.42 Å². The van der Waals surface area contributed by atoms with E-state index in [2.05, 4.69) is 4.98 Å². The number of thioether (sulfide) groups is 1. The van der Waals surface area contributed by atoms with E-state index in [9.17, 15) is 8.42 Å². The van der Waals surface area contributed by atoms with Crippen LogP contribution in [0.5, 0.6) is 0 Å². The number of fused-ring (bicyclic) bond motifs is 1. The summed E-state index contributed by atoms with van der Waals surface area (Å²) in [6.07, 6.45) is 3.53. The number of rotatable bonds is 5. The lowest BCUT2D eigenvalue weighted by atomic mass is 10.2. The highest BCUT2D eigenvalue weighted by molar-refractivity contribution is 7.98. The molecule has 1 unspecified atom stereocenters. The van der Waals surface area contributed by atoms with Gasteiger partial charge in [-0.1, -0.05) is 0 Å². The summed E-state index contributed by atoms with van der Waals surface area (Å²) in [6.45, 7) is 1.89. The summed E-state index contributed by atoms with van der Waals surface area (Å²) < 4.78 is 27.0. The second kappa shape index (κ2) is 6.21. The number of nitrogens with zero attached hydrogens (tertiary/aromatic N) is 2. The number of nitrogen functional groups attached to an aromatic ring is 1. The maximum absolute atomic E-state index is 12.8. The maximum atomic E-state index is 12.8. The first-order valence-electron chi connectivity index (χ1n) is 6.49. The van der Waals surface area contributed by atoms with Crippen LogP contribution in [-0.4, -0.2) is 42.8 Å². The van der Waals surface area contributed by atoms with Crippen LogP contribution in [0.3, 0.4) is 0 Å². The lowest BCUT2D eigenvalue weighted by molar-refractivity contribution is 0.415. The number of nitrogens with two attached hydrogens (primary N) is 1. The Labute approximate surface area is 129 Å². The molecule has 2 rings (SSSR count). The van der Waals surface area contributed by atoms with E-state index in [1.165, 1.54) is 10.4 Å². The highest BCUT2D eigenvalue weighted by atomic mass is 32.2. The summed E-state index contributed by atoms with van der Waals surface area (Å²) in [5, 5.41) is 0.657. The van der Waals surface area contributed by atoms with Crippen molar-refractivity contribution in [1.82, 2.24) is 9.29 Å². The smallest absolute Gasteiger partial charge is 0.245 e. The molecule has 0 spiro atoms. The first-order valence-corrected chi connectivity index (χ1v) is 9.33. The van der Waals surface area contributed by atoms with Gasteiger partial charge in [0.1, 0.15) is 4.90 Å². The standard InChI is InChI=1S/C14H19N3O2S2/c1-10(9-20-3)17(2)21(18,19)13-7-6-12(15)11-5-4-8-16-14(11)13/h4-8,10H,9,15H2,1-3H3. The van der Waals surface area contributed by atoms with Crippen molar-refractivity contribution in [3.63, 3.8) is 0 Å². The average molecular weight is 325 g/mol. The Kier molecular flexibility index (Phi) is 4.75. The molecule has 0 aliphatic rings. The average Bonchev–Trinajstić information content (AvgIpc) is 2.47. The molecule has 1 atom stereocenters. The molecule has 0 saturated carbocycles. The Hall–Kier alpha value is -1.31. The number of aromatic nitrogens is 1. The van der Waals surface area contributed by atoms with E-state index in [-0.39, 0.29) is 10.9 Å². The van der Waals surface area contributed by atoms with Gasteiger partial charge in [-0.05, 0) is 37.4 Å². The summed E-state index contributed by atoms with van der Waals surface area (Å²) in [5.41, 5.74) is 6.84. The van der Waals surface area contributed by atoms with Gasteiger partial charge in [0.05, 0.1) is 5.52 Å². The minimum atomic E-state index is -3.60. The Morgan fingerprint density at radius 2 is 2.10 bits per heavy atom. The van der Waals surface area contributed by atoms with Crippen molar-refractivity contribution in [2.24, 2.45) is 0 Å². The molecule has 1 heterocycles. The molecule has 0 aliphatic carbocycles. The van der Waals surface area contributed by atoms with Crippen LogP contribution in [0.25, 0.3) is 10.9 Å². The van der Waals surface area contributed by atoms with Gasteiger partial charge in [-0.2, -0.15) is 16.1 Å². The van der Waals surface area contributed by atoms with Gasteiger partial charge in [-0.15, -0.1) is 0 Å². The molecule has 1 aromatic heterocycles. The van der Waals surface area contributed by atoms with Crippen molar-refractivity contribution in [1.29, 1.82) is 0 Å². The van der Waals surface area contributed by atoms with Crippen molar-refractivity contribution in [3.05, 3.63) is 30.5 Å². The Balaban J connectivity index is 2.58. The van der Waals surface area contributed by atoms with Crippen molar-refractivity contribution in [2.75, 3.05) is 24.8 Å². The number of hydrogen-bond donors (Lipinski definition) is 1. The van der Waals surface area contributed by atoms with Crippen molar-refractivity contribution in [3.8, 4) is 0 Å². The van der Waals surface area contributed by atoms with Gasteiger partial charge in [-0.3, -0.25) is 4.98 Å². The summed E-state index contributed by atoms with van der Waals surface area (Å²) in [7, 11) is -2.00.